The van der Waals surface area contributed by atoms with Gasteiger partial charge in [0.25, 0.3) is 0 Å². The minimum absolute atomic E-state index is 0.537. The van der Waals surface area contributed by atoms with Crippen LogP contribution in [0.2, 0.25) is 0 Å². The van der Waals surface area contributed by atoms with Gasteiger partial charge in [-0.1, -0.05) is 6.92 Å². The summed E-state index contributed by atoms with van der Waals surface area (Å²) in [7, 11) is 0. The van der Waals surface area contributed by atoms with Crippen molar-refractivity contribution in [1.29, 1.82) is 0 Å². The summed E-state index contributed by atoms with van der Waals surface area (Å²) < 4.78 is 0. The van der Waals surface area contributed by atoms with E-state index in [4.69, 9.17) is 5.11 Å². The maximum absolute atomic E-state index is 9.05. The van der Waals surface area contributed by atoms with Crippen molar-refractivity contribution in [2.24, 2.45) is 5.92 Å². The highest BCUT2D eigenvalue weighted by molar-refractivity contribution is 5.02. The zero-order valence-electron chi connectivity index (χ0n) is 5.22. The molecular weight excluding hydrogens is 100 g/mol. The van der Waals surface area contributed by atoms with Gasteiger partial charge in [0.15, 0.2) is 0 Å². The van der Waals surface area contributed by atoms with E-state index < -0.39 is 0 Å². The Hall–Kier alpha value is -0.460. The molecule has 1 aliphatic rings. The zero-order valence-corrected chi connectivity index (χ0v) is 5.22. The van der Waals surface area contributed by atoms with E-state index in [0.29, 0.717) is 11.7 Å². The molecule has 1 nitrogen and oxygen atoms in total. The van der Waals surface area contributed by atoms with Crippen LogP contribution >= 0.6 is 0 Å². The van der Waals surface area contributed by atoms with Gasteiger partial charge in [-0.25, -0.2) is 0 Å². The van der Waals surface area contributed by atoms with Gasteiger partial charge in [0, 0.05) is 5.92 Å². The van der Waals surface area contributed by atoms with Gasteiger partial charge in [0.1, 0.15) is 0 Å². The van der Waals surface area contributed by atoms with Crippen LogP contribution in [0, 0.1) is 5.92 Å². The van der Waals surface area contributed by atoms with Gasteiger partial charge in [-0.3, -0.25) is 0 Å². The molecule has 0 aromatic rings. The van der Waals surface area contributed by atoms with Crippen LogP contribution in [0.15, 0.2) is 11.8 Å². The average Bonchev–Trinajstić information content (AvgIpc) is 2.45. The number of hydrogen-bond acceptors (Lipinski definition) is 1. The second-order valence-electron chi connectivity index (χ2n) is 2.31. The first kappa shape index (κ1) is 5.67. The highest BCUT2D eigenvalue weighted by Crippen LogP contribution is 2.34. The number of aliphatic hydroxyl groups is 1. The molecule has 46 valence electrons. The van der Waals surface area contributed by atoms with Crippen LogP contribution in [0.25, 0.3) is 0 Å². The molecule has 0 bridgehead atoms. The third-order valence-electron chi connectivity index (χ3n) is 1.41. The fraction of sp³-hybridized carbons (Fsp3) is 0.714. The van der Waals surface area contributed by atoms with Gasteiger partial charge in [-0.05, 0) is 25.3 Å². The summed E-state index contributed by atoms with van der Waals surface area (Å²) in [6.07, 6.45) is 5.25. The molecule has 1 saturated carbocycles. The van der Waals surface area contributed by atoms with Crippen LogP contribution in [0.4, 0.5) is 0 Å². The largest absolute Gasteiger partial charge is 0.512 e. The molecule has 1 heteroatoms. The van der Waals surface area contributed by atoms with Crippen LogP contribution in [0.3, 0.4) is 0 Å². The van der Waals surface area contributed by atoms with Gasteiger partial charge < -0.3 is 5.11 Å². The smallest absolute Gasteiger partial charge is 0.0913 e. The first-order valence-corrected chi connectivity index (χ1v) is 3.23. The fourth-order valence-electron chi connectivity index (χ4n) is 0.755. The molecule has 0 spiro atoms. The van der Waals surface area contributed by atoms with Crippen LogP contribution in [-0.4, -0.2) is 5.11 Å². The normalized spacial score (nSPS) is 21.4. The third kappa shape index (κ3) is 1.25. The number of aliphatic hydroxyl groups excluding tert-OH is 1. The minimum Gasteiger partial charge on any atom is -0.512 e. The first-order valence-electron chi connectivity index (χ1n) is 3.23. The number of allylic oxidation sites excluding steroid dienone is 2. The van der Waals surface area contributed by atoms with E-state index in [-0.39, 0.29) is 0 Å². The molecular formula is C7H12O. The zero-order chi connectivity index (χ0) is 5.98. The summed E-state index contributed by atoms with van der Waals surface area (Å²) >= 11 is 0. The van der Waals surface area contributed by atoms with Crippen molar-refractivity contribution in [2.75, 3.05) is 0 Å². The molecule has 0 unspecified atom stereocenters. The monoisotopic (exact) mass is 112 g/mol. The van der Waals surface area contributed by atoms with Gasteiger partial charge in [0.05, 0.1) is 5.76 Å². The van der Waals surface area contributed by atoms with E-state index >= 15 is 0 Å². The van der Waals surface area contributed by atoms with E-state index in [1.807, 2.05) is 13.0 Å². The van der Waals surface area contributed by atoms with E-state index in [9.17, 15) is 0 Å². The van der Waals surface area contributed by atoms with Gasteiger partial charge >= 0.3 is 0 Å². The molecule has 0 heterocycles. The van der Waals surface area contributed by atoms with Crippen molar-refractivity contribution in [3.63, 3.8) is 0 Å². The Kier molecular flexibility index (Phi) is 1.56. The molecule has 8 heavy (non-hydrogen) atoms. The lowest BCUT2D eigenvalue weighted by atomic mass is 10.3. The molecule has 0 aliphatic heterocycles. The van der Waals surface area contributed by atoms with Gasteiger partial charge in [-0.2, -0.15) is 0 Å². The van der Waals surface area contributed by atoms with Crippen molar-refractivity contribution in [3.05, 3.63) is 11.8 Å². The molecule has 0 atom stereocenters. The standard InChI is InChI=1S/C7H12O/c1-2-3-7(8)6-4-5-6/h3,6,8H,2,4-5H2,1H3/b7-3+. The second kappa shape index (κ2) is 2.21. The summed E-state index contributed by atoms with van der Waals surface area (Å²) in [6.45, 7) is 2.04. The summed E-state index contributed by atoms with van der Waals surface area (Å²) in [5.41, 5.74) is 0. The van der Waals surface area contributed by atoms with Crippen molar-refractivity contribution < 1.29 is 5.11 Å². The van der Waals surface area contributed by atoms with E-state index in [2.05, 4.69) is 0 Å². The first-order chi connectivity index (χ1) is 3.84. The molecule has 0 amide bonds. The minimum atomic E-state index is 0.537. The molecule has 1 rings (SSSR count). The second-order valence-corrected chi connectivity index (χ2v) is 2.31. The molecule has 1 N–H and O–H groups in total. The Labute approximate surface area is 50.0 Å². The van der Waals surface area contributed by atoms with E-state index in [1.165, 1.54) is 12.8 Å². The Morgan fingerprint density at radius 3 is 2.75 bits per heavy atom. The lowest BCUT2D eigenvalue weighted by Crippen LogP contribution is -1.80. The van der Waals surface area contributed by atoms with Crippen molar-refractivity contribution in [3.8, 4) is 0 Å². The van der Waals surface area contributed by atoms with Crippen molar-refractivity contribution in [2.45, 2.75) is 26.2 Å². The molecule has 1 fully saturated rings. The molecule has 0 saturated heterocycles. The molecule has 0 aromatic carbocycles. The van der Waals surface area contributed by atoms with Crippen LogP contribution in [0.1, 0.15) is 26.2 Å². The van der Waals surface area contributed by atoms with Gasteiger partial charge in [-0.15, -0.1) is 0 Å². The highest BCUT2D eigenvalue weighted by atomic mass is 16.3. The molecule has 1 aliphatic carbocycles. The lowest BCUT2D eigenvalue weighted by Gasteiger charge is -1.90. The number of hydrogen-bond donors (Lipinski definition) is 1. The summed E-state index contributed by atoms with van der Waals surface area (Å²) in [6, 6.07) is 0. The Morgan fingerprint density at radius 1 is 1.75 bits per heavy atom. The van der Waals surface area contributed by atoms with E-state index in [0.717, 1.165) is 6.42 Å². The SMILES string of the molecule is CC/C=C(/O)C1CC1. The van der Waals surface area contributed by atoms with Crippen LogP contribution in [-0.2, 0) is 0 Å². The Balaban J connectivity index is 2.31. The number of rotatable bonds is 2. The highest BCUT2D eigenvalue weighted by Gasteiger charge is 2.24. The fourth-order valence-corrected chi connectivity index (χ4v) is 0.755. The van der Waals surface area contributed by atoms with Crippen molar-refractivity contribution >= 4 is 0 Å². The Bertz CT molecular complexity index is 101. The summed E-state index contributed by atoms with van der Waals surface area (Å²) in [4.78, 5) is 0. The van der Waals surface area contributed by atoms with Crippen LogP contribution in [0.5, 0.6) is 0 Å². The maximum Gasteiger partial charge on any atom is 0.0913 e. The van der Waals surface area contributed by atoms with Crippen LogP contribution < -0.4 is 0 Å². The molecule has 0 aromatic heterocycles. The van der Waals surface area contributed by atoms with Gasteiger partial charge in [0.2, 0.25) is 0 Å². The summed E-state index contributed by atoms with van der Waals surface area (Å²) in [5.74, 6) is 1.16. The van der Waals surface area contributed by atoms with Crippen molar-refractivity contribution in [1.82, 2.24) is 0 Å². The molecule has 0 radical (unpaired) electrons. The lowest BCUT2D eigenvalue weighted by molar-refractivity contribution is 0.377. The Morgan fingerprint density at radius 2 is 2.38 bits per heavy atom. The average molecular weight is 112 g/mol. The quantitative estimate of drug-likeness (QED) is 0.543. The van der Waals surface area contributed by atoms with E-state index in [1.54, 1.807) is 0 Å². The predicted octanol–water partition coefficient (Wildman–Crippen LogP) is 2.25. The summed E-state index contributed by atoms with van der Waals surface area (Å²) in [5, 5.41) is 9.05. The predicted molar refractivity (Wildman–Crippen MR) is 33.7 cm³/mol. The maximum atomic E-state index is 9.05. The topological polar surface area (TPSA) is 20.2 Å². The third-order valence-corrected chi connectivity index (χ3v) is 1.41.